The molecular weight excluding hydrogens is 176 g/mol. The van der Waals surface area contributed by atoms with E-state index < -0.39 is 0 Å². The zero-order chi connectivity index (χ0) is 8.55. The molecule has 3 nitrogen and oxygen atoms in total. The van der Waals surface area contributed by atoms with Gasteiger partial charge in [-0.15, -0.1) is 0 Å². The highest BCUT2D eigenvalue weighted by Gasteiger charge is 1.97. The van der Waals surface area contributed by atoms with E-state index in [4.69, 9.17) is 11.6 Å². The van der Waals surface area contributed by atoms with E-state index in [1.807, 2.05) is 0 Å². The molecule has 2 aromatic rings. The van der Waals surface area contributed by atoms with Crippen LogP contribution in [0.1, 0.15) is 0 Å². The molecule has 0 saturated carbocycles. The van der Waals surface area contributed by atoms with Gasteiger partial charge in [-0.2, -0.15) is 0 Å². The fraction of sp³-hybridized carbons (Fsp3) is 0. The lowest BCUT2D eigenvalue weighted by Crippen LogP contribution is -2.12. The maximum atomic E-state index is 11.2. The van der Waals surface area contributed by atoms with Gasteiger partial charge in [-0.25, -0.2) is 4.98 Å². The molecule has 12 heavy (non-hydrogen) atoms. The van der Waals surface area contributed by atoms with Crippen LogP contribution >= 0.6 is 11.6 Å². The van der Waals surface area contributed by atoms with E-state index >= 15 is 0 Å². The highest BCUT2D eigenvalue weighted by Crippen LogP contribution is 2.02. The van der Waals surface area contributed by atoms with Gasteiger partial charge in [0.1, 0.15) is 10.8 Å². The van der Waals surface area contributed by atoms with E-state index in [0.29, 0.717) is 5.65 Å². The zero-order valence-electron chi connectivity index (χ0n) is 6.07. The summed E-state index contributed by atoms with van der Waals surface area (Å²) in [7, 11) is 0. The first-order chi connectivity index (χ1) is 5.77. The van der Waals surface area contributed by atoms with Crippen LogP contribution in [0, 0.1) is 0 Å². The topological polar surface area (TPSA) is 34.4 Å². The second kappa shape index (κ2) is 2.60. The second-order valence-corrected chi connectivity index (χ2v) is 2.73. The number of hydrogen-bond acceptors (Lipinski definition) is 2. The third-order valence-corrected chi connectivity index (χ3v) is 1.73. The molecule has 0 atom stereocenters. The summed E-state index contributed by atoms with van der Waals surface area (Å²) in [5.74, 6) is 0. The Morgan fingerprint density at radius 3 is 3.08 bits per heavy atom. The molecule has 4 heteroatoms. The molecule has 0 aliphatic heterocycles. The van der Waals surface area contributed by atoms with Gasteiger partial charge in [0.25, 0.3) is 5.56 Å². The van der Waals surface area contributed by atoms with E-state index in [9.17, 15) is 4.79 Å². The van der Waals surface area contributed by atoms with Crippen LogP contribution in [-0.2, 0) is 0 Å². The van der Waals surface area contributed by atoms with Crippen molar-refractivity contribution in [3.63, 3.8) is 0 Å². The SMILES string of the molecule is O=c1cc(Cl)nc2ccccn12. The summed E-state index contributed by atoms with van der Waals surface area (Å²) in [6.07, 6.45) is 1.65. The first-order valence-corrected chi connectivity index (χ1v) is 3.79. The number of hydrogen-bond donors (Lipinski definition) is 0. The Kier molecular flexibility index (Phi) is 1.59. The van der Waals surface area contributed by atoms with Crippen LogP contribution < -0.4 is 5.56 Å². The minimum Gasteiger partial charge on any atom is -0.269 e. The summed E-state index contributed by atoms with van der Waals surface area (Å²) >= 11 is 5.60. The van der Waals surface area contributed by atoms with Crippen molar-refractivity contribution in [2.45, 2.75) is 0 Å². The van der Waals surface area contributed by atoms with Crippen LogP contribution in [0.4, 0.5) is 0 Å². The van der Waals surface area contributed by atoms with Gasteiger partial charge in [-0.05, 0) is 12.1 Å². The molecule has 0 spiro atoms. The molecule has 0 radical (unpaired) electrons. The number of aromatic nitrogens is 2. The third-order valence-electron chi connectivity index (χ3n) is 1.54. The number of nitrogens with zero attached hydrogens (tertiary/aromatic N) is 2. The second-order valence-electron chi connectivity index (χ2n) is 2.35. The average Bonchev–Trinajstić information content (AvgIpc) is 2.04. The van der Waals surface area contributed by atoms with Crippen molar-refractivity contribution in [1.82, 2.24) is 9.38 Å². The van der Waals surface area contributed by atoms with E-state index in [1.165, 1.54) is 10.5 Å². The Balaban J connectivity index is 2.99. The van der Waals surface area contributed by atoms with Crippen molar-refractivity contribution in [1.29, 1.82) is 0 Å². The van der Waals surface area contributed by atoms with Gasteiger partial charge >= 0.3 is 0 Å². The zero-order valence-corrected chi connectivity index (χ0v) is 6.82. The average molecular weight is 181 g/mol. The summed E-state index contributed by atoms with van der Waals surface area (Å²) in [4.78, 5) is 15.2. The van der Waals surface area contributed by atoms with Gasteiger partial charge in [0.05, 0.1) is 0 Å². The Morgan fingerprint density at radius 1 is 1.42 bits per heavy atom. The fourth-order valence-corrected chi connectivity index (χ4v) is 1.20. The van der Waals surface area contributed by atoms with Crippen molar-refractivity contribution >= 4 is 17.2 Å². The van der Waals surface area contributed by atoms with Crippen LogP contribution in [-0.4, -0.2) is 9.38 Å². The van der Waals surface area contributed by atoms with Gasteiger partial charge in [-0.1, -0.05) is 17.7 Å². The van der Waals surface area contributed by atoms with Crippen LogP contribution in [0.3, 0.4) is 0 Å². The molecule has 2 rings (SSSR count). The predicted molar refractivity (Wildman–Crippen MR) is 46.5 cm³/mol. The van der Waals surface area contributed by atoms with Gasteiger partial charge in [0, 0.05) is 12.3 Å². The van der Waals surface area contributed by atoms with E-state index in [1.54, 1.807) is 24.4 Å². The van der Waals surface area contributed by atoms with Crippen molar-refractivity contribution in [3.05, 3.63) is 46.0 Å². The summed E-state index contributed by atoms with van der Waals surface area (Å²) in [6.45, 7) is 0. The molecule has 0 N–H and O–H groups in total. The minimum atomic E-state index is -0.161. The molecule has 0 aromatic carbocycles. The summed E-state index contributed by atoms with van der Waals surface area (Å²) in [6, 6.07) is 6.59. The third kappa shape index (κ3) is 1.08. The molecule has 0 aliphatic rings. The largest absolute Gasteiger partial charge is 0.269 e. The van der Waals surface area contributed by atoms with E-state index in [0.717, 1.165) is 0 Å². The van der Waals surface area contributed by atoms with Gasteiger partial charge < -0.3 is 0 Å². The fourth-order valence-electron chi connectivity index (χ4n) is 1.02. The summed E-state index contributed by atoms with van der Waals surface area (Å²) < 4.78 is 1.44. The van der Waals surface area contributed by atoms with Crippen molar-refractivity contribution in [3.8, 4) is 0 Å². The van der Waals surface area contributed by atoms with Crippen LogP contribution in [0.15, 0.2) is 35.3 Å². The maximum absolute atomic E-state index is 11.2. The van der Waals surface area contributed by atoms with Crippen molar-refractivity contribution < 1.29 is 0 Å². The predicted octanol–water partition coefficient (Wildman–Crippen LogP) is 1.35. The quantitative estimate of drug-likeness (QED) is 0.574. The summed E-state index contributed by atoms with van der Waals surface area (Å²) in [5, 5.41) is 0.228. The Morgan fingerprint density at radius 2 is 2.25 bits per heavy atom. The molecule has 60 valence electrons. The van der Waals surface area contributed by atoms with Crippen molar-refractivity contribution in [2.24, 2.45) is 0 Å². The van der Waals surface area contributed by atoms with Gasteiger partial charge in [-0.3, -0.25) is 9.20 Å². The monoisotopic (exact) mass is 180 g/mol. The van der Waals surface area contributed by atoms with Crippen LogP contribution in [0.2, 0.25) is 5.15 Å². The van der Waals surface area contributed by atoms with Crippen molar-refractivity contribution in [2.75, 3.05) is 0 Å². The summed E-state index contributed by atoms with van der Waals surface area (Å²) in [5.41, 5.74) is 0.403. The molecule has 0 bridgehead atoms. The molecule has 0 fully saturated rings. The Bertz CT molecular complexity index is 478. The number of fused-ring (bicyclic) bond motifs is 1. The highest BCUT2D eigenvalue weighted by molar-refractivity contribution is 6.29. The lowest BCUT2D eigenvalue weighted by Gasteiger charge is -1.97. The standard InChI is InChI=1S/C8H5ClN2O/c9-6-5-8(12)11-4-2-1-3-7(11)10-6/h1-5H. The van der Waals surface area contributed by atoms with E-state index in [2.05, 4.69) is 4.98 Å². The van der Waals surface area contributed by atoms with Crippen LogP contribution in [0.25, 0.3) is 5.65 Å². The lowest BCUT2D eigenvalue weighted by molar-refractivity contribution is 1.05. The molecule has 2 aromatic heterocycles. The Hall–Kier alpha value is -1.35. The minimum absolute atomic E-state index is 0.161. The molecular formula is C8H5ClN2O. The molecule has 0 saturated heterocycles. The number of pyridine rings is 1. The molecule has 0 aliphatic carbocycles. The normalized spacial score (nSPS) is 10.4. The molecule has 0 amide bonds. The van der Waals surface area contributed by atoms with Gasteiger partial charge in [0.15, 0.2) is 0 Å². The molecule has 2 heterocycles. The van der Waals surface area contributed by atoms with E-state index in [-0.39, 0.29) is 10.7 Å². The van der Waals surface area contributed by atoms with Gasteiger partial charge in [0.2, 0.25) is 0 Å². The van der Waals surface area contributed by atoms with Crippen LogP contribution in [0.5, 0.6) is 0 Å². The number of rotatable bonds is 0. The smallest absolute Gasteiger partial charge is 0.259 e. The Labute approximate surface area is 73.2 Å². The first kappa shape index (κ1) is 7.31. The first-order valence-electron chi connectivity index (χ1n) is 3.41. The lowest BCUT2D eigenvalue weighted by atomic mass is 10.4. The highest BCUT2D eigenvalue weighted by atomic mass is 35.5. The number of halogens is 1. The molecule has 0 unspecified atom stereocenters. The maximum Gasteiger partial charge on any atom is 0.259 e.